The van der Waals surface area contributed by atoms with Crippen LogP contribution in [0, 0.1) is 0 Å². The van der Waals surface area contributed by atoms with Crippen LogP contribution < -0.4 is 15.7 Å². The first-order chi connectivity index (χ1) is 16.4. The molecule has 0 amide bonds. The Balaban J connectivity index is 1.32. The molecular formula is C24H20F3N5O2. The zero-order chi connectivity index (χ0) is 24.0. The van der Waals surface area contributed by atoms with Crippen molar-refractivity contribution in [1.82, 2.24) is 19.6 Å². The summed E-state index contributed by atoms with van der Waals surface area (Å²) in [7, 11) is 0. The molecule has 0 aliphatic rings. The van der Waals surface area contributed by atoms with E-state index < -0.39 is 11.7 Å². The molecule has 0 saturated heterocycles. The van der Waals surface area contributed by atoms with E-state index in [0.29, 0.717) is 30.7 Å². The lowest BCUT2D eigenvalue weighted by molar-refractivity contribution is -0.137. The third-order valence-corrected chi connectivity index (χ3v) is 4.91. The van der Waals surface area contributed by atoms with E-state index in [1.807, 2.05) is 12.1 Å². The molecule has 2 aromatic carbocycles. The molecule has 0 aliphatic heterocycles. The number of benzene rings is 2. The number of ether oxygens (including phenoxy) is 1. The average molecular weight is 467 g/mol. The smallest absolute Gasteiger partial charge is 0.416 e. The van der Waals surface area contributed by atoms with Crippen LogP contribution in [0.1, 0.15) is 22.3 Å². The molecule has 0 radical (unpaired) electrons. The zero-order valence-corrected chi connectivity index (χ0v) is 17.9. The summed E-state index contributed by atoms with van der Waals surface area (Å²) in [6.07, 6.45) is 4.45. The summed E-state index contributed by atoms with van der Waals surface area (Å²) in [5, 5.41) is 0. The molecule has 7 nitrogen and oxygen atoms in total. The maximum Gasteiger partial charge on any atom is 0.416 e. The summed E-state index contributed by atoms with van der Waals surface area (Å²) in [6.45, 7) is 0.562. The summed E-state index contributed by atoms with van der Waals surface area (Å²) in [5.41, 5.74) is 4.43. The second-order valence-corrected chi connectivity index (χ2v) is 7.46. The third-order valence-electron chi connectivity index (χ3n) is 4.91. The lowest BCUT2D eigenvalue weighted by Gasteiger charge is -2.12. The van der Waals surface area contributed by atoms with Crippen molar-refractivity contribution in [3.05, 3.63) is 112 Å². The Kier molecular flexibility index (Phi) is 6.86. The number of rotatable bonds is 8. The van der Waals surface area contributed by atoms with Gasteiger partial charge in [-0.05, 0) is 47.9 Å². The Morgan fingerprint density at radius 1 is 0.971 bits per heavy atom. The minimum Gasteiger partial charge on any atom is -0.457 e. The van der Waals surface area contributed by atoms with Crippen molar-refractivity contribution in [2.24, 2.45) is 0 Å². The highest BCUT2D eigenvalue weighted by atomic mass is 19.4. The van der Waals surface area contributed by atoms with Crippen molar-refractivity contribution in [2.75, 3.05) is 12.0 Å². The van der Waals surface area contributed by atoms with Gasteiger partial charge in [0.2, 0.25) is 0 Å². The Morgan fingerprint density at radius 3 is 2.47 bits per heavy atom. The highest BCUT2D eigenvalue weighted by Gasteiger charge is 2.30. The van der Waals surface area contributed by atoms with Gasteiger partial charge in [-0.25, -0.2) is 9.97 Å². The molecule has 0 atom stereocenters. The van der Waals surface area contributed by atoms with E-state index in [0.717, 1.165) is 23.3 Å². The van der Waals surface area contributed by atoms with E-state index in [-0.39, 0.29) is 11.3 Å². The van der Waals surface area contributed by atoms with Crippen LogP contribution >= 0.6 is 0 Å². The first-order valence-electron chi connectivity index (χ1n) is 10.4. The molecule has 174 valence electrons. The van der Waals surface area contributed by atoms with E-state index >= 15 is 0 Å². The molecule has 2 heterocycles. The van der Waals surface area contributed by atoms with Crippen molar-refractivity contribution < 1.29 is 17.9 Å². The molecule has 1 N–H and O–H groups in total. The maximum atomic E-state index is 12.9. The normalized spacial score (nSPS) is 11.3. The molecule has 0 spiro atoms. The van der Waals surface area contributed by atoms with Crippen LogP contribution in [0.3, 0.4) is 0 Å². The van der Waals surface area contributed by atoms with Crippen LogP contribution in [0.15, 0.2) is 84.6 Å². The Bertz CT molecular complexity index is 1290. The molecule has 0 fully saturated rings. The monoisotopic (exact) mass is 467 g/mol. The van der Waals surface area contributed by atoms with E-state index in [1.54, 1.807) is 35.4 Å². The summed E-state index contributed by atoms with van der Waals surface area (Å²) >= 11 is 0. The minimum atomic E-state index is -4.42. The third kappa shape index (κ3) is 6.18. The Morgan fingerprint density at radius 2 is 1.74 bits per heavy atom. The van der Waals surface area contributed by atoms with Crippen molar-refractivity contribution in [3.63, 3.8) is 0 Å². The fourth-order valence-corrected chi connectivity index (χ4v) is 3.23. The van der Waals surface area contributed by atoms with Gasteiger partial charge in [0, 0.05) is 37.1 Å². The molecule has 34 heavy (non-hydrogen) atoms. The van der Waals surface area contributed by atoms with Gasteiger partial charge < -0.3 is 10.2 Å². The van der Waals surface area contributed by atoms with E-state index in [4.69, 9.17) is 4.74 Å². The number of halogens is 3. The quantitative estimate of drug-likeness (QED) is 0.418. The first-order valence-corrected chi connectivity index (χ1v) is 10.4. The standard InChI is InChI=1S/C24H20F3N5O2/c25-24(26,27)20-2-1-3-22(11-20)34-21-6-4-17(5-7-21)8-9-31-32-14-19(23(33)30-16-32)10-18-12-28-15-29-13-18/h1-7,11-16,31H,8-10H2. The summed E-state index contributed by atoms with van der Waals surface area (Å²) in [5.74, 6) is 0.558. The Labute approximate surface area is 192 Å². The van der Waals surface area contributed by atoms with Gasteiger partial charge in [0.15, 0.2) is 0 Å². The second kappa shape index (κ2) is 10.2. The van der Waals surface area contributed by atoms with E-state index in [1.165, 1.54) is 24.8 Å². The highest BCUT2D eigenvalue weighted by Crippen LogP contribution is 2.32. The number of nitrogens with zero attached hydrogens (tertiary/aromatic N) is 4. The molecule has 4 aromatic rings. The SMILES string of the molecule is O=c1ncn(NCCc2ccc(Oc3cccc(C(F)(F)F)c3)cc2)cc1Cc1cncnc1. The van der Waals surface area contributed by atoms with Crippen LogP contribution in [0.4, 0.5) is 13.2 Å². The average Bonchev–Trinajstić information content (AvgIpc) is 2.83. The second-order valence-electron chi connectivity index (χ2n) is 7.46. The first kappa shape index (κ1) is 23.0. The minimum absolute atomic E-state index is 0.118. The maximum absolute atomic E-state index is 12.9. The molecule has 10 heteroatoms. The fourth-order valence-electron chi connectivity index (χ4n) is 3.23. The van der Waals surface area contributed by atoms with E-state index in [2.05, 4.69) is 20.4 Å². The van der Waals surface area contributed by atoms with Gasteiger partial charge in [-0.15, -0.1) is 0 Å². The summed E-state index contributed by atoms with van der Waals surface area (Å²) < 4.78 is 45.7. The molecule has 0 unspecified atom stereocenters. The van der Waals surface area contributed by atoms with Crippen LogP contribution in [0.5, 0.6) is 11.5 Å². The summed E-state index contributed by atoms with van der Waals surface area (Å²) in [4.78, 5) is 23.8. The van der Waals surface area contributed by atoms with Gasteiger partial charge >= 0.3 is 6.18 Å². The van der Waals surface area contributed by atoms with Gasteiger partial charge in [-0.2, -0.15) is 18.2 Å². The van der Waals surface area contributed by atoms with Gasteiger partial charge in [0.25, 0.3) is 5.56 Å². The summed E-state index contributed by atoms with van der Waals surface area (Å²) in [6, 6.07) is 11.8. The van der Waals surface area contributed by atoms with Crippen LogP contribution in [0.2, 0.25) is 0 Å². The fraction of sp³-hybridized carbons (Fsp3) is 0.167. The van der Waals surface area contributed by atoms with Gasteiger partial charge in [0.1, 0.15) is 24.2 Å². The number of alkyl halides is 3. The van der Waals surface area contributed by atoms with Crippen molar-refractivity contribution in [3.8, 4) is 11.5 Å². The van der Waals surface area contributed by atoms with Gasteiger partial charge in [-0.3, -0.25) is 9.47 Å². The lowest BCUT2D eigenvalue weighted by Crippen LogP contribution is -2.23. The van der Waals surface area contributed by atoms with Crippen molar-refractivity contribution in [1.29, 1.82) is 0 Å². The highest BCUT2D eigenvalue weighted by molar-refractivity contribution is 5.36. The topological polar surface area (TPSA) is 81.9 Å². The van der Waals surface area contributed by atoms with Crippen LogP contribution in [-0.4, -0.2) is 26.2 Å². The molecule has 0 saturated carbocycles. The number of hydrogen-bond acceptors (Lipinski definition) is 6. The van der Waals surface area contributed by atoms with Crippen molar-refractivity contribution in [2.45, 2.75) is 19.0 Å². The molecule has 2 aromatic heterocycles. The molecule has 0 bridgehead atoms. The molecular weight excluding hydrogens is 447 g/mol. The zero-order valence-electron chi connectivity index (χ0n) is 17.9. The predicted molar refractivity (Wildman–Crippen MR) is 119 cm³/mol. The molecule has 0 aliphatic carbocycles. The largest absolute Gasteiger partial charge is 0.457 e. The van der Waals surface area contributed by atoms with Crippen molar-refractivity contribution >= 4 is 0 Å². The molecule has 4 rings (SSSR count). The van der Waals surface area contributed by atoms with E-state index in [9.17, 15) is 18.0 Å². The number of aromatic nitrogens is 4. The Hall–Kier alpha value is -4.21. The number of nitrogens with one attached hydrogen (secondary N) is 1. The lowest BCUT2D eigenvalue weighted by atomic mass is 10.1. The van der Waals surface area contributed by atoms with Crippen LogP contribution in [-0.2, 0) is 19.0 Å². The van der Waals surface area contributed by atoms with Gasteiger partial charge in [-0.1, -0.05) is 18.2 Å². The van der Waals surface area contributed by atoms with Crippen LogP contribution in [0.25, 0.3) is 0 Å². The van der Waals surface area contributed by atoms with Gasteiger partial charge in [0.05, 0.1) is 5.56 Å². The predicted octanol–water partition coefficient (Wildman–Crippen LogP) is 4.22. The number of hydrogen-bond donors (Lipinski definition) is 1.